The van der Waals surface area contributed by atoms with Gasteiger partial charge >= 0.3 is 0 Å². The molecule has 1 aromatic heterocycles. The Morgan fingerprint density at radius 1 is 1.23 bits per heavy atom. The molecule has 0 aliphatic carbocycles. The Kier molecular flexibility index (Phi) is 2.17. The maximum absolute atomic E-state index is 5.24. The minimum atomic E-state index is 0.857. The van der Waals surface area contributed by atoms with Crippen molar-refractivity contribution in [3.05, 3.63) is 59.5 Å². The molecule has 0 fully saturated rings. The van der Waals surface area contributed by atoms with Crippen LogP contribution in [0.15, 0.2) is 40.8 Å². The van der Waals surface area contributed by atoms with Crippen LogP contribution in [0, 0.1) is 13.2 Å². The van der Waals surface area contributed by atoms with Gasteiger partial charge in [-0.15, -0.1) is 0 Å². The number of hydrogen-bond acceptors (Lipinski definition) is 1. The molecule has 1 radical (unpaired) electrons. The van der Waals surface area contributed by atoms with Gasteiger partial charge < -0.3 is 4.42 Å². The van der Waals surface area contributed by atoms with E-state index < -0.39 is 0 Å². The summed E-state index contributed by atoms with van der Waals surface area (Å²) in [7, 11) is 0. The van der Waals surface area contributed by atoms with Crippen LogP contribution in [0.25, 0.3) is 0 Å². The molecule has 2 rings (SSSR count). The molecule has 0 saturated carbocycles. The van der Waals surface area contributed by atoms with Gasteiger partial charge in [0.1, 0.15) is 5.76 Å². The van der Waals surface area contributed by atoms with Gasteiger partial charge in [-0.2, -0.15) is 0 Å². The van der Waals surface area contributed by atoms with E-state index in [2.05, 4.69) is 18.4 Å². The molecule has 0 aliphatic rings. The molecule has 0 bridgehead atoms. The van der Waals surface area contributed by atoms with E-state index in [4.69, 9.17) is 4.42 Å². The second-order valence-electron chi connectivity index (χ2n) is 3.13. The second-order valence-corrected chi connectivity index (χ2v) is 3.13. The molecule has 0 unspecified atom stereocenters. The van der Waals surface area contributed by atoms with Crippen molar-refractivity contribution in [2.45, 2.75) is 13.3 Å². The SMILES string of the molecule is Cc1c[c]oc1Cc1ccccc1. The smallest absolute Gasteiger partial charge is 0.169 e. The largest absolute Gasteiger partial charge is 0.457 e. The predicted octanol–water partition coefficient (Wildman–Crippen LogP) is 2.98. The maximum Gasteiger partial charge on any atom is 0.169 e. The Bertz CT molecular complexity index is 373. The normalized spacial score (nSPS) is 10.2. The fraction of sp³-hybridized carbons (Fsp3) is 0.167. The van der Waals surface area contributed by atoms with Gasteiger partial charge in [-0.05, 0) is 24.1 Å². The first kappa shape index (κ1) is 8.11. The number of furan rings is 1. The molecule has 13 heavy (non-hydrogen) atoms. The lowest BCUT2D eigenvalue weighted by molar-refractivity contribution is 0.510. The van der Waals surface area contributed by atoms with Crippen molar-refractivity contribution in [3.63, 3.8) is 0 Å². The summed E-state index contributed by atoms with van der Waals surface area (Å²) in [5, 5.41) is 0. The quantitative estimate of drug-likeness (QED) is 0.677. The van der Waals surface area contributed by atoms with E-state index in [1.807, 2.05) is 31.2 Å². The van der Waals surface area contributed by atoms with Gasteiger partial charge in [-0.25, -0.2) is 0 Å². The van der Waals surface area contributed by atoms with Crippen LogP contribution in [0.1, 0.15) is 16.9 Å². The molecule has 0 N–H and O–H groups in total. The molecular weight excluding hydrogens is 160 g/mol. The maximum atomic E-state index is 5.24. The highest BCUT2D eigenvalue weighted by molar-refractivity contribution is 5.24. The number of benzene rings is 1. The Labute approximate surface area is 78.0 Å². The Balaban J connectivity index is 2.20. The molecule has 65 valence electrons. The van der Waals surface area contributed by atoms with E-state index in [1.165, 1.54) is 11.1 Å². The van der Waals surface area contributed by atoms with E-state index in [-0.39, 0.29) is 0 Å². The molecule has 0 atom stereocenters. The first-order chi connectivity index (χ1) is 6.36. The van der Waals surface area contributed by atoms with Gasteiger partial charge in [0.15, 0.2) is 6.26 Å². The second kappa shape index (κ2) is 3.48. The summed E-state index contributed by atoms with van der Waals surface area (Å²) in [5.41, 5.74) is 2.44. The highest BCUT2D eigenvalue weighted by Crippen LogP contribution is 2.13. The summed E-state index contributed by atoms with van der Waals surface area (Å²) >= 11 is 0. The molecule has 0 aliphatic heterocycles. The molecule has 0 saturated heterocycles. The molecular formula is C12H11O. The Morgan fingerprint density at radius 3 is 2.62 bits per heavy atom. The summed E-state index contributed by atoms with van der Waals surface area (Å²) in [6.07, 6.45) is 3.60. The number of rotatable bonds is 2. The Morgan fingerprint density at radius 2 is 2.00 bits per heavy atom. The fourth-order valence-electron chi connectivity index (χ4n) is 1.31. The Hall–Kier alpha value is -1.50. The van der Waals surface area contributed by atoms with Gasteiger partial charge in [0.25, 0.3) is 0 Å². The fourth-order valence-corrected chi connectivity index (χ4v) is 1.31. The molecule has 1 heterocycles. The first-order valence-corrected chi connectivity index (χ1v) is 4.35. The summed E-state index contributed by atoms with van der Waals surface area (Å²) in [6.45, 7) is 2.04. The van der Waals surface area contributed by atoms with Crippen LogP contribution in [0.2, 0.25) is 0 Å². The zero-order valence-corrected chi connectivity index (χ0v) is 7.58. The summed E-state index contributed by atoms with van der Waals surface area (Å²) in [6, 6.07) is 12.2. The highest BCUT2D eigenvalue weighted by atomic mass is 16.3. The van der Waals surface area contributed by atoms with Crippen molar-refractivity contribution in [1.29, 1.82) is 0 Å². The molecule has 0 amide bonds. The van der Waals surface area contributed by atoms with E-state index >= 15 is 0 Å². The van der Waals surface area contributed by atoms with Crippen molar-refractivity contribution < 1.29 is 4.42 Å². The lowest BCUT2D eigenvalue weighted by Gasteiger charge is -1.98. The predicted molar refractivity (Wildman–Crippen MR) is 51.5 cm³/mol. The van der Waals surface area contributed by atoms with Crippen molar-refractivity contribution in [3.8, 4) is 0 Å². The summed E-state index contributed by atoms with van der Waals surface area (Å²) < 4.78 is 5.24. The summed E-state index contributed by atoms with van der Waals surface area (Å²) in [5.74, 6) is 1.01. The van der Waals surface area contributed by atoms with Crippen molar-refractivity contribution in [1.82, 2.24) is 0 Å². The molecule has 0 spiro atoms. The van der Waals surface area contributed by atoms with Crippen molar-refractivity contribution in [2.75, 3.05) is 0 Å². The van der Waals surface area contributed by atoms with E-state index in [0.29, 0.717) is 0 Å². The van der Waals surface area contributed by atoms with Gasteiger partial charge in [-0.3, -0.25) is 0 Å². The third-order valence-electron chi connectivity index (χ3n) is 2.10. The van der Waals surface area contributed by atoms with Crippen LogP contribution < -0.4 is 0 Å². The molecule has 1 aromatic carbocycles. The zero-order chi connectivity index (χ0) is 9.10. The minimum absolute atomic E-state index is 0.857. The molecule has 1 nitrogen and oxygen atoms in total. The summed E-state index contributed by atoms with van der Waals surface area (Å²) in [4.78, 5) is 0. The monoisotopic (exact) mass is 171 g/mol. The average Bonchev–Trinajstić information content (AvgIpc) is 2.54. The van der Waals surface area contributed by atoms with Crippen LogP contribution in [0.5, 0.6) is 0 Å². The van der Waals surface area contributed by atoms with Gasteiger partial charge in [0, 0.05) is 6.42 Å². The molecule has 2 aromatic rings. The lowest BCUT2D eigenvalue weighted by Crippen LogP contribution is -1.86. The van der Waals surface area contributed by atoms with E-state index in [1.54, 1.807) is 0 Å². The zero-order valence-electron chi connectivity index (χ0n) is 7.58. The first-order valence-electron chi connectivity index (χ1n) is 4.35. The van der Waals surface area contributed by atoms with Gasteiger partial charge in [0.2, 0.25) is 0 Å². The average molecular weight is 171 g/mol. The van der Waals surface area contributed by atoms with Crippen molar-refractivity contribution in [2.24, 2.45) is 0 Å². The van der Waals surface area contributed by atoms with Crippen LogP contribution in [-0.2, 0) is 6.42 Å². The van der Waals surface area contributed by atoms with Crippen LogP contribution in [-0.4, -0.2) is 0 Å². The van der Waals surface area contributed by atoms with E-state index in [0.717, 1.165) is 12.2 Å². The van der Waals surface area contributed by atoms with Gasteiger partial charge in [0.05, 0.1) is 0 Å². The third kappa shape index (κ3) is 1.81. The number of aryl methyl sites for hydroxylation is 1. The third-order valence-corrected chi connectivity index (χ3v) is 2.10. The number of hydrogen-bond donors (Lipinski definition) is 0. The van der Waals surface area contributed by atoms with Crippen LogP contribution >= 0.6 is 0 Å². The minimum Gasteiger partial charge on any atom is -0.457 e. The van der Waals surface area contributed by atoms with Crippen molar-refractivity contribution >= 4 is 0 Å². The lowest BCUT2D eigenvalue weighted by atomic mass is 10.1. The molecule has 1 heteroatoms. The topological polar surface area (TPSA) is 13.1 Å². The highest BCUT2D eigenvalue weighted by Gasteiger charge is 2.02. The van der Waals surface area contributed by atoms with E-state index in [9.17, 15) is 0 Å². The standard InChI is InChI=1S/C12H11O/c1-10-7-8-13-12(10)9-11-5-3-2-4-6-11/h2-7H,9H2,1H3. The van der Waals surface area contributed by atoms with Crippen LogP contribution in [0.3, 0.4) is 0 Å². The van der Waals surface area contributed by atoms with Crippen LogP contribution in [0.4, 0.5) is 0 Å². The van der Waals surface area contributed by atoms with Gasteiger partial charge in [-0.1, -0.05) is 30.3 Å².